The van der Waals surface area contributed by atoms with Crippen molar-refractivity contribution in [1.82, 2.24) is 20.0 Å². The highest BCUT2D eigenvalue weighted by atomic mass is 32.2. The van der Waals surface area contributed by atoms with E-state index in [0.29, 0.717) is 17.1 Å². The summed E-state index contributed by atoms with van der Waals surface area (Å²) in [4.78, 5) is 7.28. The summed E-state index contributed by atoms with van der Waals surface area (Å²) in [6.45, 7) is 2.90. The lowest BCUT2D eigenvalue weighted by molar-refractivity contribution is 0.361. The maximum Gasteiger partial charge on any atom is 0.243 e. The number of aromatic nitrogens is 2. The zero-order valence-corrected chi connectivity index (χ0v) is 12.1. The van der Waals surface area contributed by atoms with E-state index in [1.54, 1.807) is 18.3 Å². The maximum atomic E-state index is 12.5. The van der Waals surface area contributed by atoms with Gasteiger partial charge in [-0.2, -0.15) is 0 Å². The van der Waals surface area contributed by atoms with Gasteiger partial charge in [-0.1, -0.05) is 0 Å². The summed E-state index contributed by atoms with van der Waals surface area (Å²) >= 11 is 0. The van der Waals surface area contributed by atoms with Gasteiger partial charge in [0, 0.05) is 29.9 Å². The Bertz CT molecular complexity index is 710. The molecule has 0 bridgehead atoms. The van der Waals surface area contributed by atoms with E-state index in [1.165, 1.54) is 6.20 Å². The predicted octanol–water partition coefficient (Wildman–Crippen LogP) is 0.982. The Morgan fingerprint density at radius 1 is 1.45 bits per heavy atom. The molecule has 3 heterocycles. The summed E-state index contributed by atoms with van der Waals surface area (Å²) in [6, 6.07) is 3.82. The number of hydrogen-bond donors (Lipinski definition) is 3. The van der Waals surface area contributed by atoms with Crippen LogP contribution < -0.4 is 10.0 Å². The van der Waals surface area contributed by atoms with Crippen molar-refractivity contribution in [1.29, 1.82) is 0 Å². The van der Waals surface area contributed by atoms with Crippen LogP contribution in [0.3, 0.4) is 0 Å². The molecule has 0 saturated carbocycles. The number of fused-ring (bicyclic) bond motifs is 1. The average Bonchev–Trinajstić information content (AvgIpc) is 2.82. The highest BCUT2D eigenvalue weighted by Crippen LogP contribution is 2.22. The number of nitrogens with zero attached hydrogens (tertiary/aromatic N) is 1. The van der Waals surface area contributed by atoms with Gasteiger partial charge in [0.2, 0.25) is 10.0 Å². The van der Waals surface area contributed by atoms with Crippen LogP contribution in [0.5, 0.6) is 0 Å². The third-order valence-electron chi connectivity index (χ3n) is 3.65. The highest BCUT2D eigenvalue weighted by Gasteiger charge is 2.26. The fraction of sp³-hybridized carbons (Fsp3) is 0.462. The van der Waals surface area contributed by atoms with Crippen molar-refractivity contribution in [2.45, 2.75) is 36.7 Å². The molecule has 0 spiro atoms. The van der Waals surface area contributed by atoms with Crippen molar-refractivity contribution in [2.75, 3.05) is 6.54 Å². The molecule has 1 fully saturated rings. The molecule has 1 aliphatic rings. The Morgan fingerprint density at radius 3 is 3.10 bits per heavy atom. The molecule has 1 saturated heterocycles. The lowest BCUT2D eigenvalue weighted by atomic mass is 10.0. The smallest absolute Gasteiger partial charge is 0.243 e. The molecule has 6 nitrogen and oxygen atoms in total. The molecule has 2 atom stereocenters. The molecular weight excluding hydrogens is 276 g/mol. The topological polar surface area (TPSA) is 86.9 Å². The van der Waals surface area contributed by atoms with Gasteiger partial charge < -0.3 is 10.3 Å². The first-order valence-corrected chi connectivity index (χ1v) is 8.22. The first-order chi connectivity index (χ1) is 9.56. The van der Waals surface area contributed by atoms with E-state index in [2.05, 4.69) is 26.9 Å². The van der Waals surface area contributed by atoms with Gasteiger partial charge in [0.05, 0.1) is 0 Å². The van der Waals surface area contributed by atoms with Crippen molar-refractivity contribution in [3.8, 4) is 0 Å². The summed E-state index contributed by atoms with van der Waals surface area (Å²) in [5, 5.41) is 3.94. The summed E-state index contributed by atoms with van der Waals surface area (Å²) < 4.78 is 27.8. The molecule has 2 aromatic heterocycles. The van der Waals surface area contributed by atoms with E-state index in [9.17, 15) is 8.42 Å². The minimum Gasteiger partial charge on any atom is -0.345 e. The maximum absolute atomic E-state index is 12.5. The Morgan fingerprint density at radius 2 is 2.30 bits per heavy atom. The number of rotatable bonds is 3. The lowest BCUT2D eigenvalue weighted by Crippen LogP contribution is -2.46. The fourth-order valence-corrected chi connectivity index (χ4v) is 4.12. The van der Waals surface area contributed by atoms with Crippen molar-refractivity contribution in [3.05, 3.63) is 24.5 Å². The Labute approximate surface area is 118 Å². The molecule has 2 unspecified atom stereocenters. The molecule has 0 amide bonds. The molecule has 0 aliphatic carbocycles. The van der Waals surface area contributed by atoms with E-state index in [0.717, 1.165) is 19.4 Å². The van der Waals surface area contributed by atoms with Crippen LogP contribution in [0.4, 0.5) is 0 Å². The van der Waals surface area contributed by atoms with E-state index in [1.807, 2.05) is 0 Å². The third kappa shape index (κ3) is 2.56. The van der Waals surface area contributed by atoms with Gasteiger partial charge in [0.15, 0.2) is 0 Å². The van der Waals surface area contributed by atoms with E-state index in [4.69, 9.17) is 0 Å². The molecule has 20 heavy (non-hydrogen) atoms. The molecular formula is C13H18N4O2S. The quantitative estimate of drug-likeness (QED) is 0.787. The predicted molar refractivity (Wildman–Crippen MR) is 76.9 cm³/mol. The zero-order chi connectivity index (χ0) is 14.2. The standard InChI is InChI=1S/C13H18N4O2S/c1-9-7-10(4-6-14-9)17-20(18,19)12-8-16-13-11(12)3-2-5-15-13/h2-3,5,8-10,14,17H,4,6-7H2,1H3,(H,15,16). The van der Waals surface area contributed by atoms with E-state index >= 15 is 0 Å². The summed E-state index contributed by atoms with van der Waals surface area (Å²) in [6.07, 6.45) is 4.76. The van der Waals surface area contributed by atoms with Crippen LogP contribution in [0.25, 0.3) is 11.0 Å². The molecule has 3 rings (SSSR count). The second-order valence-electron chi connectivity index (χ2n) is 5.25. The SMILES string of the molecule is CC1CC(NS(=O)(=O)c2c[nH]c3ncccc23)CCN1. The van der Waals surface area contributed by atoms with Crippen LogP contribution in [0, 0.1) is 0 Å². The van der Waals surface area contributed by atoms with Crippen molar-refractivity contribution in [2.24, 2.45) is 0 Å². The van der Waals surface area contributed by atoms with Crippen LogP contribution in [0.15, 0.2) is 29.4 Å². The number of piperidine rings is 1. The fourth-order valence-electron chi connectivity index (χ4n) is 2.68. The minimum absolute atomic E-state index is 0.0159. The lowest BCUT2D eigenvalue weighted by Gasteiger charge is -2.28. The van der Waals surface area contributed by atoms with Gasteiger partial charge in [-0.05, 0) is 38.4 Å². The summed E-state index contributed by atoms with van der Waals surface area (Å²) in [5.74, 6) is 0. The van der Waals surface area contributed by atoms with Gasteiger partial charge in [0.1, 0.15) is 10.5 Å². The molecule has 108 valence electrons. The summed E-state index contributed by atoms with van der Waals surface area (Å²) in [5.41, 5.74) is 0.589. The van der Waals surface area contributed by atoms with Crippen molar-refractivity contribution in [3.63, 3.8) is 0 Å². The minimum atomic E-state index is -3.52. The number of nitrogens with one attached hydrogen (secondary N) is 3. The Hall–Kier alpha value is -1.44. The second kappa shape index (κ2) is 5.16. The van der Waals surface area contributed by atoms with Crippen molar-refractivity contribution >= 4 is 21.1 Å². The van der Waals surface area contributed by atoms with Gasteiger partial charge in [-0.25, -0.2) is 18.1 Å². The van der Waals surface area contributed by atoms with Crippen LogP contribution in [0.1, 0.15) is 19.8 Å². The molecule has 2 aromatic rings. The first kappa shape index (κ1) is 13.5. The number of sulfonamides is 1. The van der Waals surface area contributed by atoms with E-state index < -0.39 is 10.0 Å². The largest absolute Gasteiger partial charge is 0.345 e. The van der Waals surface area contributed by atoms with Gasteiger partial charge in [-0.15, -0.1) is 0 Å². The highest BCUT2D eigenvalue weighted by molar-refractivity contribution is 7.89. The van der Waals surface area contributed by atoms with Crippen LogP contribution in [-0.2, 0) is 10.0 Å². The van der Waals surface area contributed by atoms with Crippen LogP contribution in [-0.4, -0.2) is 37.0 Å². The monoisotopic (exact) mass is 294 g/mol. The van der Waals surface area contributed by atoms with Gasteiger partial charge in [-0.3, -0.25) is 0 Å². The second-order valence-corrected chi connectivity index (χ2v) is 6.93. The first-order valence-electron chi connectivity index (χ1n) is 6.74. The van der Waals surface area contributed by atoms with Crippen molar-refractivity contribution < 1.29 is 8.42 Å². The number of pyridine rings is 1. The molecule has 0 radical (unpaired) electrons. The number of hydrogen-bond acceptors (Lipinski definition) is 4. The van der Waals surface area contributed by atoms with Gasteiger partial charge >= 0.3 is 0 Å². The van der Waals surface area contributed by atoms with Gasteiger partial charge in [0.25, 0.3) is 0 Å². The molecule has 1 aliphatic heterocycles. The average molecular weight is 294 g/mol. The molecule has 7 heteroatoms. The van der Waals surface area contributed by atoms with Crippen LogP contribution >= 0.6 is 0 Å². The van der Waals surface area contributed by atoms with E-state index in [-0.39, 0.29) is 10.9 Å². The number of aromatic amines is 1. The normalized spacial score (nSPS) is 24.1. The Kier molecular flexibility index (Phi) is 3.49. The summed E-state index contributed by atoms with van der Waals surface area (Å²) in [7, 11) is -3.52. The Balaban J connectivity index is 1.88. The zero-order valence-electron chi connectivity index (χ0n) is 11.3. The molecule has 3 N–H and O–H groups in total. The van der Waals surface area contributed by atoms with Crippen LogP contribution in [0.2, 0.25) is 0 Å². The molecule has 0 aromatic carbocycles. The number of H-pyrrole nitrogens is 1. The third-order valence-corrected chi connectivity index (χ3v) is 5.21.